The SMILES string of the molecule is Fc1cc2c(Nc3ccc(Cl)nc3)n[nH]c2c(F)c1F. The van der Waals surface area contributed by atoms with Gasteiger partial charge in [-0.1, -0.05) is 11.6 Å². The summed E-state index contributed by atoms with van der Waals surface area (Å²) in [6, 6.07) is 4.02. The summed E-state index contributed by atoms with van der Waals surface area (Å²) < 4.78 is 39.9. The zero-order valence-corrected chi connectivity index (χ0v) is 10.5. The summed E-state index contributed by atoms with van der Waals surface area (Å²) in [5.41, 5.74) is 0.307. The first-order valence-electron chi connectivity index (χ1n) is 5.46. The van der Waals surface area contributed by atoms with Crippen LogP contribution in [0.15, 0.2) is 24.4 Å². The highest BCUT2D eigenvalue weighted by Gasteiger charge is 2.18. The van der Waals surface area contributed by atoms with Crippen molar-refractivity contribution >= 4 is 34.0 Å². The molecule has 8 heteroatoms. The monoisotopic (exact) mass is 298 g/mol. The summed E-state index contributed by atoms with van der Waals surface area (Å²) in [6.45, 7) is 0. The Morgan fingerprint density at radius 1 is 1.15 bits per heavy atom. The number of hydrogen-bond acceptors (Lipinski definition) is 3. The predicted octanol–water partition coefficient (Wildman–Crippen LogP) is 3.77. The van der Waals surface area contributed by atoms with Crippen LogP contribution in [0.25, 0.3) is 10.9 Å². The van der Waals surface area contributed by atoms with E-state index < -0.39 is 17.5 Å². The van der Waals surface area contributed by atoms with Crippen LogP contribution >= 0.6 is 11.6 Å². The van der Waals surface area contributed by atoms with Gasteiger partial charge in [0.25, 0.3) is 0 Å². The normalized spacial score (nSPS) is 11.0. The number of nitrogens with zero attached hydrogens (tertiary/aromatic N) is 2. The molecule has 20 heavy (non-hydrogen) atoms. The first kappa shape index (κ1) is 12.7. The summed E-state index contributed by atoms with van der Waals surface area (Å²) in [5, 5.41) is 9.31. The van der Waals surface area contributed by atoms with Crippen molar-refractivity contribution in [1.29, 1.82) is 0 Å². The molecule has 102 valence electrons. The number of rotatable bonds is 2. The molecule has 3 rings (SSSR count). The molecule has 0 bridgehead atoms. The third-order valence-electron chi connectivity index (χ3n) is 2.69. The van der Waals surface area contributed by atoms with Gasteiger partial charge in [-0.05, 0) is 18.2 Å². The van der Waals surface area contributed by atoms with E-state index in [2.05, 4.69) is 20.5 Å². The van der Waals surface area contributed by atoms with E-state index in [0.717, 1.165) is 6.07 Å². The second-order valence-corrected chi connectivity index (χ2v) is 4.36. The second-order valence-electron chi connectivity index (χ2n) is 3.98. The first-order valence-corrected chi connectivity index (χ1v) is 5.84. The molecule has 0 saturated heterocycles. The van der Waals surface area contributed by atoms with Gasteiger partial charge in [0.05, 0.1) is 17.3 Å². The number of anilines is 2. The third kappa shape index (κ3) is 2.05. The highest BCUT2D eigenvalue weighted by molar-refractivity contribution is 6.29. The fourth-order valence-electron chi connectivity index (χ4n) is 1.74. The van der Waals surface area contributed by atoms with Crippen LogP contribution < -0.4 is 5.32 Å². The number of halogens is 4. The lowest BCUT2D eigenvalue weighted by Crippen LogP contribution is -1.94. The second kappa shape index (κ2) is 4.68. The van der Waals surface area contributed by atoms with Crippen molar-refractivity contribution in [1.82, 2.24) is 15.2 Å². The third-order valence-corrected chi connectivity index (χ3v) is 2.91. The van der Waals surface area contributed by atoms with Crippen molar-refractivity contribution in [2.24, 2.45) is 0 Å². The molecule has 0 saturated carbocycles. The van der Waals surface area contributed by atoms with Crippen LogP contribution in [0.2, 0.25) is 5.15 Å². The molecule has 0 spiro atoms. The molecule has 0 atom stereocenters. The fraction of sp³-hybridized carbons (Fsp3) is 0. The van der Waals surface area contributed by atoms with Gasteiger partial charge in [-0.25, -0.2) is 18.2 Å². The Morgan fingerprint density at radius 2 is 1.95 bits per heavy atom. The van der Waals surface area contributed by atoms with Crippen molar-refractivity contribution in [3.05, 3.63) is 47.0 Å². The molecule has 1 aromatic carbocycles. The van der Waals surface area contributed by atoms with Gasteiger partial charge in [-0.15, -0.1) is 0 Å². The molecule has 0 aliphatic heterocycles. The molecule has 0 radical (unpaired) electrons. The molecule has 2 aromatic heterocycles. The van der Waals surface area contributed by atoms with Gasteiger partial charge in [-0.3, -0.25) is 5.10 Å². The van der Waals surface area contributed by atoms with E-state index in [9.17, 15) is 13.2 Å². The molecular weight excluding hydrogens is 293 g/mol. The number of H-pyrrole nitrogens is 1. The predicted molar refractivity (Wildman–Crippen MR) is 68.5 cm³/mol. The highest BCUT2D eigenvalue weighted by Crippen LogP contribution is 2.28. The van der Waals surface area contributed by atoms with Crippen LogP contribution in [0.4, 0.5) is 24.7 Å². The van der Waals surface area contributed by atoms with Crippen LogP contribution in [0.1, 0.15) is 0 Å². The van der Waals surface area contributed by atoms with E-state index in [1.165, 1.54) is 6.20 Å². The zero-order valence-electron chi connectivity index (χ0n) is 9.72. The Balaban J connectivity index is 2.06. The summed E-state index contributed by atoms with van der Waals surface area (Å²) in [7, 11) is 0. The molecule has 4 nitrogen and oxygen atoms in total. The maximum Gasteiger partial charge on any atom is 0.196 e. The van der Waals surface area contributed by atoms with E-state index in [1.54, 1.807) is 12.1 Å². The van der Waals surface area contributed by atoms with Gasteiger partial charge in [0, 0.05) is 0 Å². The lowest BCUT2D eigenvalue weighted by molar-refractivity contribution is 0.452. The number of pyridine rings is 1. The Kier molecular flexibility index (Phi) is 2.98. The van der Waals surface area contributed by atoms with Gasteiger partial charge >= 0.3 is 0 Å². The molecule has 0 fully saturated rings. The van der Waals surface area contributed by atoms with Crippen LogP contribution in [-0.4, -0.2) is 15.2 Å². The molecule has 2 heterocycles. The Bertz CT molecular complexity index is 785. The summed E-state index contributed by atoms with van der Waals surface area (Å²) in [4.78, 5) is 3.85. The van der Waals surface area contributed by atoms with Crippen LogP contribution in [0, 0.1) is 17.5 Å². The smallest absolute Gasteiger partial charge is 0.196 e. The van der Waals surface area contributed by atoms with Gasteiger partial charge < -0.3 is 5.32 Å². The van der Waals surface area contributed by atoms with Gasteiger partial charge in [0.1, 0.15) is 10.7 Å². The Morgan fingerprint density at radius 3 is 2.65 bits per heavy atom. The topological polar surface area (TPSA) is 53.6 Å². The molecule has 0 aliphatic rings. The van der Waals surface area contributed by atoms with Crippen LogP contribution in [0.5, 0.6) is 0 Å². The average molecular weight is 299 g/mol. The highest BCUT2D eigenvalue weighted by atomic mass is 35.5. The number of aromatic nitrogens is 3. The average Bonchev–Trinajstić information content (AvgIpc) is 2.82. The van der Waals surface area contributed by atoms with Crippen molar-refractivity contribution in [2.75, 3.05) is 5.32 Å². The minimum atomic E-state index is -1.54. The molecule has 0 amide bonds. The number of fused-ring (bicyclic) bond motifs is 1. The summed E-state index contributed by atoms with van der Waals surface area (Å²) in [6.07, 6.45) is 1.43. The van der Waals surface area contributed by atoms with Gasteiger partial charge in [0.15, 0.2) is 23.3 Å². The largest absolute Gasteiger partial charge is 0.337 e. The van der Waals surface area contributed by atoms with E-state index in [0.29, 0.717) is 10.8 Å². The van der Waals surface area contributed by atoms with Crippen molar-refractivity contribution in [2.45, 2.75) is 0 Å². The maximum atomic E-state index is 13.5. The first-order chi connectivity index (χ1) is 9.56. The molecule has 0 unspecified atom stereocenters. The molecule has 2 N–H and O–H groups in total. The quantitative estimate of drug-likeness (QED) is 0.559. The van der Waals surface area contributed by atoms with Gasteiger partial charge in [-0.2, -0.15) is 5.10 Å². The summed E-state index contributed by atoms with van der Waals surface area (Å²) in [5.74, 6) is -3.98. The minimum Gasteiger partial charge on any atom is -0.337 e. The van der Waals surface area contributed by atoms with E-state index in [1.807, 2.05) is 0 Å². The van der Waals surface area contributed by atoms with E-state index in [4.69, 9.17) is 11.6 Å². The fourth-order valence-corrected chi connectivity index (χ4v) is 1.86. The zero-order chi connectivity index (χ0) is 14.3. The van der Waals surface area contributed by atoms with Gasteiger partial charge in [0.2, 0.25) is 0 Å². The lowest BCUT2D eigenvalue weighted by Gasteiger charge is -2.03. The van der Waals surface area contributed by atoms with Crippen molar-refractivity contribution in [3.8, 4) is 0 Å². The maximum absolute atomic E-state index is 13.5. The van der Waals surface area contributed by atoms with Crippen molar-refractivity contribution < 1.29 is 13.2 Å². The Labute approximate surface area is 115 Å². The lowest BCUT2D eigenvalue weighted by atomic mass is 10.2. The van der Waals surface area contributed by atoms with Crippen LogP contribution in [0.3, 0.4) is 0 Å². The number of nitrogens with one attached hydrogen (secondary N) is 2. The van der Waals surface area contributed by atoms with Crippen molar-refractivity contribution in [3.63, 3.8) is 0 Å². The number of aromatic amines is 1. The molecule has 0 aliphatic carbocycles. The van der Waals surface area contributed by atoms with E-state index in [-0.39, 0.29) is 16.7 Å². The standard InChI is InChI=1S/C12H6ClF3N4/c13-8-2-1-5(4-17-8)18-12-6-3-7(14)9(15)10(16)11(6)19-20-12/h1-4H,(H2,18,19,20). The van der Waals surface area contributed by atoms with E-state index >= 15 is 0 Å². The Hall–Kier alpha value is -2.28. The minimum absolute atomic E-state index is 0.0938. The van der Waals surface area contributed by atoms with Crippen LogP contribution in [-0.2, 0) is 0 Å². The number of benzene rings is 1. The molecular formula is C12H6ClF3N4. The number of hydrogen-bond donors (Lipinski definition) is 2. The molecule has 3 aromatic rings. The summed E-state index contributed by atoms with van der Waals surface area (Å²) >= 11 is 5.65.